The number of rotatable bonds is 5. The van der Waals surface area contributed by atoms with E-state index >= 15 is 4.39 Å². The number of fused-ring (bicyclic) bond motifs is 3. The average molecular weight is 639 g/mol. The predicted molar refractivity (Wildman–Crippen MR) is 158 cm³/mol. The lowest BCUT2D eigenvalue weighted by Crippen LogP contribution is -2.46. The quantitative estimate of drug-likeness (QED) is 0.296. The number of benzene rings is 3. The zero-order valence-corrected chi connectivity index (χ0v) is 24.9. The fraction of sp³-hybridized carbons (Fsp3) is 0.300. The van der Waals surface area contributed by atoms with Crippen LogP contribution < -0.4 is 9.64 Å². The Morgan fingerprint density at radius 3 is 2.50 bits per heavy atom. The number of esters is 1. The van der Waals surface area contributed by atoms with Crippen molar-refractivity contribution < 1.29 is 28.2 Å². The number of amides is 1. The molecule has 11 nitrogen and oxygen atoms in total. The van der Waals surface area contributed by atoms with Crippen LogP contribution in [0.2, 0.25) is 10.0 Å². The number of morpholine rings is 1. The van der Waals surface area contributed by atoms with E-state index in [-0.39, 0.29) is 57.9 Å². The number of H-pyrrole nitrogens is 1. The summed E-state index contributed by atoms with van der Waals surface area (Å²) in [6.45, 7) is 1.12. The molecule has 4 heterocycles. The van der Waals surface area contributed by atoms with Crippen molar-refractivity contribution in [3.05, 3.63) is 75.0 Å². The van der Waals surface area contributed by atoms with Crippen LogP contribution >= 0.6 is 23.2 Å². The largest absolute Gasteiger partial charge is 0.472 e. The summed E-state index contributed by atoms with van der Waals surface area (Å²) in [6.07, 6.45) is 1.83. The van der Waals surface area contributed by atoms with Gasteiger partial charge >= 0.3 is 5.97 Å². The van der Waals surface area contributed by atoms with Crippen LogP contribution in [0.4, 0.5) is 10.1 Å². The third kappa shape index (κ3) is 4.83. The van der Waals surface area contributed by atoms with E-state index in [0.29, 0.717) is 41.3 Å². The minimum Gasteiger partial charge on any atom is -0.472 e. The van der Waals surface area contributed by atoms with E-state index in [1.165, 1.54) is 18.1 Å². The number of aromatic nitrogens is 4. The van der Waals surface area contributed by atoms with Gasteiger partial charge in [-0.1, -0.05) is 41.4 Å². The normalized spacial score (nSPS) is 19.0. The molecule has 3 aromatic carbocycles. The Morgan fingerprint density at radius 1 is 1.07 bits per heavy atom. The Labute approximate surface area is 260 Å². The fourth-order valence-electron chi connectivity index (χ4n) is 6.24. The number of methoxy groups -OCH3 is 1. The van der Waals surface area contributed by atoms with Gasteiger partial charge in [-0.3, -0.25) is 4.79 Å². The second-order valence-corrected chi connectivity index (χ2v) is 11.6. The lowest BCUT2D eigenvalue weighted by atomic mass is 9.96. The lowest BCUT2D eigenvalue weighted by molar-refractivity contribution is 0.0515. The summed E-state index contributed by atoms with van der Waals surface area (Å²) >= 11 is 13.0. The molecule has 2 atom stereocenters. The van der Waals surface area contributed by atoms with Crippen LogP contribution in [-0.4, -0.2) is 76.5 Å². The maximum atomic E-state index is 15.8. The number of tetrazole rings is 1. The molecule has 3 aliphatic heterocycles. The van der Waals surface area contributed by atoms with E-state index in [4.69, 9.17) is 37.4 Å². The summed E-state index contributed by atoms with van der Waals surface area (Å²) in [5.41, 5.74) is 2.82. The summed E-state index contributed by atoms with van der Waals surface area (Å²) < 4.78 is 32.7. The molecular weight excluding hydrogens is 614 g/mol. The molecule has 2 fully saturated rings. The number of aromatic amines is 1. The van der Waals surface area contributed by atoms with Gasteiger partial charge in [-0.25, -0.2) is 9.18 Å². The molecular formula is C30H25Cl2FN6O5. The van der Waals surface area contributed by atoms with Crippen molar-refractivity contribution in [2.45, 2.75) is 31.5 Å². The van der Waals surface area contributed by atoms with Crippen molar-refractivity contribution in [2.24, 2.45) is 0 Å². The molecule has 226 valence electrons. The zero-order chi connectivity index (χ0) is 30.5. The van der Waals surface area contributed by atoms with Crippen LogP contribution in [0.25, 0.3) is 22.5 Å². The van der Waals surface area contributed by atoms with Crippen LogP contribution in [0.5, 0.6) is 5.75 Å². The minimum absolute atomic E-state index is 0.0795. The first-order chi connectivity index (χ1) is 21.3. The first-order valence-electron chi connectivity index (χ1n) is 13.9. The Hall–Kier alpha value is -4.26. The van der Waals surface area contributed by atoms with Gasteiger partial charge in [0.1, 0.15) is 11.6 Å². The highest BCUT2D eigenvalue weighted by Crippen LogP contribution is 2.43. The Kier molecular flexibility index (Phi) is 7.35. The van der Waals surface area contributed by atoms with Crippen LogP contribution in [0.1, 0.15) is 39.1 Å². The summed E-state index contributed by atoms with van der Waals surface area (Å²) in [6, 6.07) is 11.5. The smallest absolute Gasteiger partial charge is 0.340 e. The third-order valence-corrected chi connectivity index (χ3v) is 8.86. The van der Waals surface area contributed by atoms with Crippen molar-refractivity contribution in [1.82, 2.24) is 25.5 Å². The van der Waals surface area contributed by atoms with Crippen molar-refractivity contribution in [2.75, 3.05) is 32.0 Å². The summed E-state index contributed by atoms with van der Waals surface area (Å²) in [7, 11) is 1.28. The van der Waals surface area contributed by atoms with Gasteiger partial charge in [0.25, 0.3) is 5.91 Å². The van der Waals surface area contributed by atoms with Crippen LogP contribution in [0.15, 0.2) is 42.5 Å². The molecule has 2 bridgehead atoms. The molecule has 0 radical (unpaired) electrons. The van der Waals surface area contributed by atoms with Gasteiger partial charge in [0, 0.05) is 22.3 Å². The van der Waals surface area contributed by atoms with Gasteiger partial charge < -0.3 is 24.0 Å². The second-order valence-electron chi connectivity index (χ2n) is 10.8. The molecule has 3 aliphatic rings. The van der Waals surface area contributed by atoms with E-state index in [0.717, 1.165) is 12.8 Å². The van der Waals surface area contributed by atoms with Gasteiger partial charge in [0.05, 0.1) is 65.8 Å². The van der Waals surface area contributed by atoms with E-state index < -0.39 is 17.7 Å². The van der Waals surface area contributed by atoms with E-state index in [9.17, 15) is 9.59 Å². The zero-order valence-electron chi connectivity index (χ0n) is 23.3. The Bertz CT molecular complexity index is 1750. The molecule has 1 amide bonds. The molecule has 1 aromatic heterocycles. The number of para-hydroxylation sites is 1. The number of hydrogen-bond donors (Lipinski definition) is 1. The van der Waals surface area contributed by atoms with Gasteiger partial charge in [-0.15, -0.1) is 10.2 Å². The van der Waals surface area contributed by atoms with Crippen LogP contribution in [0, 0.1) is 5.82 Å². The maximum absolute atomic E-state index is 15.8. The molecule has 7 rings (SSSR count). The van der Waals surface area contributed by atoms with Crippen molar-refractivity contribution in [3.63, 3.8) is 0 Å². The summed E-state index contributed by atoms with van der Waals surface area (Å²) in [5, 5.41) is 14.0. The number of anilines is 1. The molecule has 0 aliphatic carbocycles. The topological polar surface area (TPSA) is 123 Å². The minimum atomic E-state index is -0.612. The first-order valence-corrected chi connectivity index (χ1v) is 14.6. The third-order valence-electron chi connectivity index (χ3n) is 8.27. The highest BCUT2D eigenvalue weighted by molar-refractivity contribution is 6.40. The van der Waals surface area contributed by atoms with E-state index in [2.05, 4.69) is 25.5 Å². The summed E-state index contributed by atoms with van der Waals surface area (Å²) in [4.78, 5) is 29.9. The highest BCUT2D eigenvalue weighted by atomic mass is 35.5. The van der Waals surface area contributed by atoms with E-state index in [1.807, 2.05) is 6.07 Å². The fourth-order valence-corrected chi connectivity index (χ4v) is 6.89. The number of nitrogens with one attached hydrogen (secondary N) is 1. The van der Waals surface area contributed by atoms with Crippen molar-refractivity contribution in [3.8, 4) is 28.3 Å². The molecule has 2 unspecified atom stereocenters. The number of carbonyl (C=O) groups excluding carboxylic acids is 2. The van der Waals surface area contributed by atoms with Gasteiger partial charge in [0.2, 0.25) is 5.82 Å². The van der Waals surface area contributed by atoms with Crippen molar-refractivity contribution >= 4 is 40.8 Å². The molecule has 2 saturated heterocycles. The highest BCUT2D eigenvalue weighted by Gasteiger charge is 2.40. The monoisotopic (exact) mass is 638 g/mol. The molecule has 0 spiro atoms. The van der Waals surface area contributed by atoms with E-state index in [1.54, 1.807) is 30.3 Å². The molecule has 14 heteroatoms. The van der Waals surface area contributed by atoms with Gasteiger partial charge in [-0.2, -0.15) is 5.21 Å². The van der Waals surface area contributed by atoms with Crippen LogP contribution in [-0.2, 0) is 16.0 Å². The number of carbonyl (C=O) groups is 2. The average Bonchev–Trinajstić information content (AvgIpc) is 3.65. The number of hydrogen-bond acceptors (Lipinski definition) is 9. The molecule has 1 N–H and O–H groups in total. The Balaban J connectivity index is 1.22. The first kappa shape index (κ1) is 28.5. The number of nitrogens with zero attached hydrogens (tertiary/aromatic N) is 5. The number of halogens is 3. The number of ether oxygens (including phenoxy) is 3. The summed E-state index contributed by atoms with van der Waals surface area (Å²) in [5.74, 6) is -0.909. The van der Waals surface area contributed by atoms with Gasteiger partial charge in [0.15, 0.2) is 6.73 Å². The van der Waals surface area contributed by atoms with Crippen molar-refractivity contribution in [1.29, 1.82) is 0 Å². The Morgan fingerprint density at radius 2 is 1.82 bits per heavy atom. The molecule has 4 aromatic rings. The van der Waals surface area contributed by atoms with Gasteiger partial charge in [-0.05, 0) is 42.3 Å². The SMILES string of the molecule is COC(=O)c1cc(F)c(-c2cccc3c2OCN(C(=O)c2c(Cl)cc(-c4nn[nH]n4)cc2Cl)C3)cc1N1C2CCC1COC2. The maximum Gasteiger partial charge on any atom is 0.340 e. The standard InChI is InChI=1S/C30H25Cl2FN6O5/c1-42-30(41)21-9-24(33)20(10-25(21)39-17-5-6-18(39)13-43-12-17)19-4-2-3-15-11-38(14-44-27(15)19)29(40)26-22(31)7-16(8-23(26)32)28-34-36-37-35-28/h2-4,7-10,17-18H,5-6,11-14H2,1H3,(H,34,35,36,37). The van der Waals surface area contributed by atoms with Crippen LogP contribution in [0.3, 0.4) is 0 Å². The second kappa shape index (κ2) is 11.3. The molecule has 44 heavy (non-hydrogen) atoms. The molecule has 0 saturated carbocycles. The lowest BCUT2D eigenvalue weighted by Gasteiger charge is -2.37. The predicted octanol–water partition coefficient (Wildman–Crippen LogP) is 5.13.